The molecule has 0 spiro atoms. The second-order valence-electron chi connectivity index (χ2n) is 6.79. The summed E-state index contributed by atoms with van der Waals surface area (Å²) in [6.45, 7) is 5.84. The van der Waals surface area contributed by atoms with E-state index >= 15 is 0 Å². The Morgan fingerprint density at radius 3 is 2.63 bits per heavy atom. The van der Waals surface area contributed by atoms with Gasteiger partial charge in [-0.15, -0.1) is 0 Å². The molecule has 146 valence electrons. The first-order valence-corrected chi connectivity index (χ1v) is 11.6. The highest BCUT2D eigenvalue weighted by atomic mass is 32.2. The van der Waals surface area contributed by atoms with Gasteiger partial charge in [-0.05, 0) is 23.9 Å². The zero-order chi connectivity index (χ0) is 19.3. The predicted octanol–water partition coefficient (Wildman–Crippen LogP) is 1.93. The van der Waals surface area contributed by atoms with E-state index in [0.29, 0.717) is 26.2 Å². The lowest BCUT2D eigenvalue weighted by atomic mass is 10.2. The fourth-order valence-corrected chi connectivity index (χ4v) is 4.93. The molecule has 0 bridgehead atoms. The highest BCUT2D eigenvalue weighted by Gasteiger charge is 2.22. The number of thiophene rings is 1. The van der Waals surface area contributed by atoms with Crippen LogP contribution in [-0.2, 0) is 15.8 Å². The van der Waals surface area contributed by atoms with Crippen LogP contribution in [0.1, 0.15) is 21.5 Å². The van der Waals surface area contributed by atoms with Crippen LogP contribution < -0.4 is 4.72 Å². The molecule has 0 radical (unpaired) electrons. The first kappa shape index (κ1) is 20.0. The number of sulfonamides is 1. The Morgan fingerprint density at radius 2 is 1.96 bits per heavy atom. The molecule has 6 nitrogen and oxygen atoms in total. The third-order valence-corrected chi connectivity index (χ3v) is 6.66. The molecular weight excluding hydrogens is 382 g/mol. The van der Waals surface area contributed by atoms with E-state index in [4.69, 9.17) is 0 Å². The van der Waals surface area contributed by atoms with Crippen LogP contribution >= 0.6 is 11.3 Å². The molecule has 1 fully saturated rings. The Labute approximate surface area is 164 Å². The van der Waals surface area contributed by atoms with Crippen LogP contribution in [0.4, 0.5) is 0 Å². The van der Waals surface area contributed by atoms with Gasteiger partial charge in [0.1, 0.15) is 0 Å². The highest BCUT2D eigenvalue weighted by molar-refractivity contribution is 7.88. The maximum atomic E-state index is 12.3. The van der Waals surface area contributed by atoms with E-state index in [-0.39, 0.29) is 11.7 Å². The standard InChI is InChI=1S/C19H25N3O3S2/c1-16-3-2-4-17(13-16)15-27(24,25)20-6-7-21-8-10-22(11-9-21)19(23)18-5-12-26-14-18/h2-5,12-14,20H,6-11,15H2,1H3. The minimum atomic E-state index is -3.35. The molecule has 0 unspecified atom stereocenters. The van der Waals surface area contributed by atoms with Crippen LogP contribution in [0, 0.1) is 6.92 Å². The van der Waals surface area contributed by atoms with Crippen LogP contribution in [0.3, 0.4) is 0 Å². The van der Waals surface area contributed by atoms with Crippen LogP contribution in [0.5, 0.6) is 0 Å². The van der Waals surface area contributed by atoms with E-state index in [9.17, 15) is 13.2 Å². The summed E-state index contributed by atoms with van der Waals surface area (Å²) in [4.78, 5) is 16.4. The van der Waals surface area contributed by atoms with Crippen molar-refractivity contribution >= 4 is 27.3 Å². The Balaban J connectivity index is 1.40. The SMILES string of the molecule is Cc1cccc(CS(=O)(=O)NCCN2CCN(C(=O)c3ccsc3)CC2)c1. The first-order chi connectivity index (χ1) is 12.9. The number of hydrogen-bond acceptors (Lipinski definition) is 5. The van der Waals surface area contributed by atoms with Crippen molar-refractivity contribution in [1.82, 2.24) is 14.5 Å². The van der Waals surface area contributed by atoms with Crippen molar-refractivity contribution in [3.05, 3.63) is 57.8 Å². The summed E-state index contributed by atoms with van der Waals surface area (Å²) in [5.74, 6) is 0.0761. The smallest absolute Gasteiger partial charge is 0.254 e. The maximum Gasteiger partial charge on any atom is 0.254 e. The molecule has 1 amide bonds. The molecule has 0 aliphatic carbocycles. The van der Waals surface area contributed by atoms with Crippen molar-refractivity contribution in [3.8, 4) is 0 Å². The molecule has 27 heavy (non-hydrogen) atoms. The molecule has 3 rings (SSSR count). The van der Waals surface area contributed by atoms with Gasteiger partial charge in [0.05, 0.1) is 11.3 Å². The van der Waals surface area contributed by atoms with Crippen molar-refractivity contribution in [2.45, 2.75) is 12.7 Å². The summed E-state index contributed by atoms with van der Waals surface area (Å²) >= 11 is 1.52. The number of rotatable bonds is 7. The molecule has 1 saturated heterocycles. The van der Waals surface area contributed by atoms with Gasteiger partial charge in [0.2, 0.25) is 10.0 Å². The lowest BCUT2D eigenvalue weighted by molar-refractivity contribution is 0.0640. The Bertz CT molecular complexity index is 858. The molecule has 1 aromatic heterocycles. The molecule has 1 N–H and O–H groups in total. The van der Waals surface area contributed by atoms with Crippen molar-refractivity contribution in [1.29, 1.82) is 0 Å². The maximum absolute atomic E-state index is 12.3. The monoisotopic (exact) mass is 407 g/mol. The lowest BCUT2D eigenvalue weighted by Crippen LogP contribution is -2.50. The minimum absolute atomic E-state index is 0.00238. The molecule has 1 aliphatic heterocycles. The van der Waals surface area contributed by atoms with E-state index in [0.717, 1.165) is 29.8 Å². The number of carbonyl (C=O) groups excluding carboxylic acids is 1. The van der Waals surface area contributed by atoms with Gasteiger partial charge >= 0.3 is 0 Å². The topological polar surface area (TPSA) is 69.7 Å². The van der Waals surface area contributed by atoms with Crippen LogP contribution in [0.25, 0.3) is 0 Å². The predicted molar refractivity (Wildman–Crippen MR) is 108 cm³/mol. The third-order valence-electron chi connectivity index (χ3n) is 4.62. The van der Waals surface area contributed by atoms with Crippen molar-refractivity contribution in [2.75, 3.05) is 39.3 Å². The fraction of sp³-hybridized carbons (Fsp3) is 0.421. The number of nitrogens with zero attached hydrogens (tertiary/aromatic N) is 2. The summed E-state index contributed by atoms with van der Waals surface area (Å²) in [6, 6.07) is 9.39. The molecule has 0 saturated carbocycles. The number of amides is 1. The molecule has 8 heteroatoms. The van der Waals surface area contributed by atoms with Gasteiger partial charge in [-0.3, -0.25) is 9.69 Å². The van der Waals surface area contributed by atoms with E-state index in [2.05, 4.69) is 9.62 Å². The van der Waals surface area contributed by atoms with Gasteiger partial charge in [0, 0.05) is 44.6 Å². The quantitative estimate of drug-likeness (QED) is 0.762. The molecule has 0 atom stereocenters. The number of piperazine rings is 1. The Morgan fingerprint density at radius 1 is 1.19 bits per heavy atom. The number of hydrogen-bond donors (Lipinski definition) is 1. The molecular formula is C19H25N3O3S2. The normalized spacial score (nSPS) is 15.8. The van der Waals surface area contributed by atoms with E-state index in [1.54, 1.807) is 0 Å². The Hall–Kier alpha value is -1.74. The van der Waals surface area contributed by atoms with Gasteiger partial charge in [-0.25, -0.2) is 13.1 Å². The van der Waals surface area contributed by atoms with E-state index < -0.39 is 10.0 Å². The van der Waals surface area contributed by atoms with Gasteiger partial charge in [0.15, 0.2) is 0 Å². The van der Waals surface area contributed by atoms with Crippen LogP contribution in [0.15, 0.2) is 41.1 Å². The van der Waals surface area contributed by atoms with Gasteiger partial charge in [-0.2, -0.15) is 11.3 Å². The summed E-state index contributed by atoms with van der Waals surface area (Å²) < 4.78 is 27.2. The van der Waals surface area contributed by atoms with Crippen molar-refractivity contribution in [3.63, 3.8) is 0 Å². The third kappa shape index (κ3) is 5.87. The number of carbonyl (C=O) groups is 1. The molecule has 1 aliphatic rings. The van der Waals surface area contributed by atoms with Crippen LogP contribution in [-0.4, -0.2) is 63.4 Å². The van der Waals surface area contributed by atoms with Gasteiger partial charge < -0.3 is 4.90 Å². The van der Waals surface area contributed by atoms with Gasteiger partial charge in [0.25, 0.3) is 5.91 Å². The highest BCUT2D eigenvalue weighted by Crippen LogP contribution is 2.12. The van der Waals surface area contributed by atoms with E-state index in [1.165, 1.54) is 11.3 Å². The summed E-state index contributed by atoms with van der Waals surface area (Å²) in [5, 5.41) is 3.78. The van der Waals surface area contributed by atoms with Crippen LogP contribution in [0.2, 0.25) is 0 Å². The lowest BCUT2D eigenvalue weighted by Gasteiger charge is -2.34. The number of benzene rings is 1. The van der Waals surface area contributed by atoms with Crippen molar-refractivity contribution in [2.24, 2.45) is 0 Å². The first-order valence-electron chi connectivity index (χ1n) is 9.00. The van der Waals surface area contributed by atoms with Crippen molar-refractivity contribution < 1.29 is 13.2 Å². The van der Waals surface area contributed by atoms with Gasteiger partial charge in [-0.1, -0.05) is 29.8 Å². The largest absolute Gasteiger partial charge is 0.336 e. The average Bonchev–Trinajstić information content (AvgIpc) is 3.16. The second-order valence-corrected chi connectivity index (χ2v) is 9.38. The zero-order valence-electron chi connectivity index (χ0n) is 15.4. The fourth-order valence-electron chi connectivity index (χ4n) is 3.17. The summed E-state index contributed by atoms with van der Waals surface area (Å²) in [6.07, 6.45) is 0. The zero-order valence-corrected chi connectivity index (χ0v) is 17.1. The number of nitrogens with one attached hydrogen (secondary N) is 1. The number of aryl methyl sites for hydroxylation is 1. The minimum Gasteiger partial charge on any atom is -0.336 e. The summed E-state index contributed by atoms with van der Waals surface area (Å²) in [7, 11) is -3.35. The molecule has 2 heterocycles. The average molecular weight is 408 g/mol. The molecule has 1 aromatic carbocycles. The Kier molecular flexibility index (Phi) is 6.64. The van der Waals surface area contributed by atoms with E-state index in [1.807, 2.05) is 52.9 Å². The second kappa shape index (κ2) is 8.97. The summed E-state index contributed by atoms with van der Waals surface area (Å²) in [5.41, 5.74) is 2.60. The molecule has 2 aromatic rings.